The van der Waals surface area contributed by atoms with Gasteiger partial charge in [0.2, 0.25) is 0 Å². The monoisotopic (exact) mass is 345 g/mol. The van der Waals surface area contributed by atoms with Crippen molar-refractivity contribution in [3.63, 3.8) is 0 Å². The summed E-state index contributed by atoms with van der Waals surface area (Å²) in [5.74, 6) is -1.26. The number of benzene rings is 1. The molecule has 2 aromatic rings. The molecule has 3 rings (SSSR count). The summed E-state index contributed by atoms with van der Waals surface area (Å²) in [7, 11) is 0. The van der Waals surface area contributed by atoms with Crippen LogP contribution in [0.4, 0.5) is 10.1 Å². The van der Waals surface area contributed by atoms with E-state index >= 15 is 0 Å². The molecular weight excluding hydrogens is 325 g/mol. The summed E-state index contributed by atoms with van der Waals surface area (Å²) in [6, 6.07) is 5.23. The molecule has 0 saturated carbocycles. The summed E-state index contributed by atoms with van der Waals surface area (Å²) in [5, 5.41) is 2.58. The molecule has 25 heavy (non-hydrogen) atoms. The molecule has 132 valence electrons. The van der Waals surface area contributed by atoms with E-state index in [0.717, 1.165) is 12.5 Å². The third kappa shape index (κ3) is 3.56. The van der Waals surface area contributed by atoms with Gasteiger partial charge in [0, 0.05) is 13.1 Å². The number of likely N-dealkylation sites (tertiary alicyclic amines) is 1. The van der Waals surface area contributed by atoms with Crippen LogP contribution in [0, 0.1) is 11.2 Å². The van der Waals surface area contributed by atoms with Crippen LogP contribution in [0.1, 0.15) is 34.1 Å². The molecule has 0 spiro atoms. The second-order valence-electron chi connectivity index (χ2n) is 6.65. The molecule has 1 unspecified atom stereocenters. The lowest BCUT2D eigenvalue weighted by molar-refractivity contribution is 0.0778. The molecule has 1 aliphatic rings. The Labute approximate surface area is 144 Å². The fraction of sp³-hybridized carbons (Fsp3) is 0.333. The Bertz CT molecular complexity index is 791. The minimum absolute atomic E-state index is 0.115. The van der Waals surface area contributed by atoms with E-state index in [4.69, 9.17) is 10.2 Å². The highest BCUT2D eigenvalue weighted by Crippen LogP contribution is 2.31. The molecule has 1 aromatic carbocycles. The standard InChI is InChI=1S/C18H20FN3O3/c1-18(10-20)5-6-22(11-18)17(24)14-3-2-13(19)8-15(14)21-16(23)12-4-7-25-9-12/h2-4,7-9H,5-6,10-11,20H2,1H3,(H,21,23). The van der Waals surface area contributed by atoms with Crippen LogP contribution in [0.2, 0.25) is 0 Å². The number of nitrogens with zero attached hydrogens (tertiary/aromatic N) is 1. The summed E-state index contributed by atoms with van der Waals surface area (Å²) < 4.78 is 18.5. The molecule has 0 bridgehead atoms. The number of nitrogens with two attached hydrogens (primary N) is 1. The number of hydrogen-bond donors (Lipinski definition) is 2. The van der Waals surface area contributed by atoms with Gasteiger partial charge < -0.3 is 20.4 Å². The predicted molar refractivity (Wildman–Crippen MR) is 90.7 cm³/mol. The number of carbonyl (C=O) groups is 2. The van der Waals surface area contributed by atoms with Gasteiger partial charge in [-0.15, -0.1) is 0 Å². The molecule has 6 nitrogen and oxygen atoms in total. The van der Waals surface area contributed by atoms with Crippen molar-refractivity contribution in [2.45, 2.75) is 13.3 Å². The Kier molecular flexibility index (Phi) is 4.59. The molecule has 2 heterocycles. The third-order valence-electron chi connectivity index (χ3n) is 4.58. The topological polar surface area (TPSA) is 88.6 Å². The molecule has 2 amide bonds. The van der Waals surface area contributed by atoms with E-state index in [-0.39, 0.29) is 22.6 Å². The first-order chi connectivity index (χ1) is 11.9. The first kappa shape index (κ1) is 17.2. The first-order valence-electron chi connectivity index (χ1n) is 8.04. The Hall–Kier alpha value is -2.67. The molecule has 1 saturated heterocycles. The van der Waals surface area contributed by atoms with Crippen molar-refractivity contribution in [1.29, 1.82) is 0 Å². The van der Waals surface area contributed by atoms with Crippen LogP contribution in [0.5, 0.6) is 0 Å². The Morgan fingerprint density at radius 1 is 1.40 bits per heavy atom. The Balaban J connectivity index is 1.84. The van der Waals surface area contributed by atoms with E-state index in [1.54, 1.807) is 4.90 Å². The van der Waals surface area contributed by atoms with E-state index in [2.05, 4.69) is 5.32 Å². The second kappa shape index (κ2) is 6.68. The van der Waals surface area contributed by atoms with Gasteiger partial charge in [0.1, 0.15) is 12.1 Å². The number of hydrogen-bond acceptors (Lipinski definition) is 4. The summed E-state index contributed by atoms with van der Waals surface area (Å²) in [6.07, 6.45) is 3.46. The summed E-state index contributed by atoms with van der Waals surface area (Å²) in [6.45, 7) is 3.64. The van der Waals surface area contributed by atoms with Gasteiger partial charge in [0.05, 0.1) is 23.1 Å². The molecule has 3 N–H and O–H groups in total. The summed E-state index contributed by atoms with van der Waals surface area (Å²) in [5.41, 5.74) is 6.35. The van der Waals surface area contributed by atoms with Crippen LogP contribution >= 0.6 is 0 Å². The Morgan fingerprint density at radius 3 is 2.84 bits per heavy atom. The normalized spacial score (nSPS) is 19.9. The van der Waals surface area contributed by atoms with E-state index in [1.165, 1.54) is 30.7 Å². The molecule has 1 aliphatic heterocycles. The quantitative estimate of drug-likeness (QED) is 0.891. The smallest absolute Gasteiger partial charge is 0.258 e. The second-order valence-corrected chi connectivity index (χ2v) is 6.65. The molecule has 0 aliphatic carbocycles. The number of anilines is 1. The molecule has 1 atom stereocenters. The minimum atomic E-state index is -0.535. The lowest BCUT2D eigenvalue weighted by atomic mass is 9.90. The maximum Gasteiger partial charge on any atom is 0.258 e. The van der Waals surface area contributed by atoms with E-state index in [1.807, 2.05) is 6.92 Å². The largest absolute Gasteiger partial charge is 0.472 e. The van der Waals surface area contributed by atoms with Crippen LogP contribution in [-0.2, 0) is 0 Å². The number of halogens is 1. The van der Waals surface area contributed by atoms with Gasteiger partial charge in [-0.05, 0) is 42.6 Å². The summed E-state index contributed by atoms with van der Waals surface area (Å²) >= 11 is 0. The van der Waals surface area contributed by atoms with E-state index in [9.17, 15) is 14.0 Å². The van der Waals surface area contributed by atoms with Crippen molar-refractivity contribution in [3.05, 3.63) is 53.7 Å². The maximum absolute atomic E-state index is 13.6. The number of rotatable bonds is 4. The van der Waals surface area contributed by atoms with Crippen molar-refractivity contribution in [2.24, 2.45) is 11.1 Å². The zero-order chi connectivity index (χ0) is 18.0. The van der Waals surface area contributed by atoms with E-state index in [0.29, 0.717) is 25.2 Å². The van der Waals surface area contributed by atoms with Crippen molar-refractivity contribution in [1.82, 2.24) is 4.90 Å². The Morgan fingerprint density at radius 2 is 2.20 bits per heavy atom. The lowest BCUT2D eigenvalue weighted by Gasteiger charge is -2.23. The van der Waals surface area contributed by atoms with Crippen LogP contribution in [0.15, 0.2) is 41.2 Å². The van der Waals surface area contributed by atoms with Crippen molar-refractivity contribution in [3.8, 4) is 0 Å². The van der Waals surface area contributed by atoms with E-state index < -0.39 is 11.7 Å². The third-order valence-corrected chi connectivity index (χ3v) is 4.58. The average Bonchev–Trinajstić information content (AvgIpc) is 3.25. The van der Waals surface area contributed by atoms with Gasteiger partial charge in [-0.2, -0.15) is 0 Å². The predicted octanol–water partition coefficient (Wildman–Crippen LogP) is 2.48. The zero-order valence-electron chi connectivity index (χ0n) is 13.9. The minimum Gasteiger partial charge on any atom is -0.472 e. The fourth-order valence-corrected chi connectivity index (χ4v) is 2.93. The average molecular weight is 345 g/mol. The number of furan rings is 1. The van der Waals surface area contributed by atoms with Gasteiger partial charge in [0.15, 0.2) is 0 Å². The van der Waals surface area contributed by atoms with Crippen molar-refractivity contribution in [2.75, 3.05) is 25.0 Å². The highest BCUT2D eigenvalue weighted by atomic mass is 19.1. The number of amides is 2. The van der Waals surface area contributed by atoms with Gasteiger partial charge in [-0.1, -0.05) is 6.92 Å². The first-order valence-corrected chi connectivity index (χ1v) is 8.04. The van der Waals surface area contributed by atoms with Crippen molar-refractivity contribution >= 4 is 17.5 Å². The molecule has 0 radical (unpaired) electrons. The highest BCUT2D eigenvalue weighted by Gasteiger charge is 2.35. The highest BCUT2D eigenvalue weighted by molar-refractivity contribution is 6.08. The summed E-state index contributed by atoms with van der Waals surface area (Å²) in [4.78, 5) is 26.7. The maximum atomic E-state index is 13.6. The van der Waals surface area contributed by atoms with Crippen LogP contribution in [-0.4, -0.2) is 36.3 Å². The molecule has 1 aromatic heterocycles. The molecule has 1 fully saturated rings. The lowest BCUT2D eigenvalue weighted by Crippen LogP contribution is -2.35. The van der Waals surface area contributed by atoms with Gasteiger partial charge in [0.25, 0.3) is 11.8 Å². The van der Waals surface area contributed by atoms with Gasteiger partial charge in [-0.3, -0.25) is 9.59 Å². The zero-order valence-corrected chi connectivity index (χ0v) is 13.9. The SMILES string of the molecule is CC1(CN)CCN(C(=O)c2ccc(F)cc2NC(=O)c2ccoc2)C1. The number of carbonyl (C=O) groups excluding carboxylic acids is 2. The van der Waals surface area contributed by atoms with Crippen LogP contribution in [0.3, 0.4) is 0 Å². The fourth-order valence-electron chi connectivity index (χ4n) is 2.93. The van der Waals surface area contributed by atoms with Crippen molar-refractivity contribution < 1.29 is 18.4 Å². The van der Waals surface area contributed by atoms with Gasteiger partial charge >= 0.3 is 0 Å². The van der Waals surface area contributed by atoms with Crippen LogP contribution in [0.25, 0.3) is 0 Å². The number of nitrogens with one attached hydrogen (secondary N) is 1. The molecule has 7 heteroatoms. The molecular formula is C18H20FN3O3. The van der Waals surface area contributed by atoms with Gasteiger partial charge in [-0.25, -0.2) is 4.39 Å². The van der Waals surface area contributed by atoms with Crippen LogP contribution < -0.4 is 11.1 Å².